The molecule has 2 aromatic rings. The molecule has 0 fully saturated rings. The summed E-state index contributed by atoms with van der Waals surface area (Å²) >= 11 is 0. The summed E-state index contributed by atoms with van der Waals surface area (Å²) in [7, 11) is -5.11. The number of rotatable bonds is 9. The molecule has 0 radical (unpaired) electrons. The number of nitrogens with one attached hydrogen (secondary N) is 1. The molecule has 0 saturated heterocycles. The highest BCUT2D eigenvalue weighted by Gasteiger charge is 2.23. The maximum absolute atomic E-state index is 12.3. The number of ether oxygens (including phenoxy) is 1. The minimum atomic E-state index is -3.80. The van der Waals surface area contributed by atoms with Gasteiger partial charge in [-0.05, 0) is 77.9 Å². The highest BCUT2D eigenvalue weighted by Crippen LogP contribution is 2.23. The normalized spacial score (nSPS) is 13.8. The Balaban J connectivity index is 1.92. The van der Waals surface area contributed by atoms with Crippen LogP contribution in [0.2, 0.25) is 0 Å². The molecule has 0 aliphatic heterocycles. The van der Waals surface area contributed by atoms with Crippen LogP contribution < -0.4 is 9.46 Å². The van der Waals surface area contributed by atoms with Crippen LogP contribution in [0.15, 0.2) is 58.3 Å². The third-order valence-corrected chi connectivity index (χ3v) is 6.91. The first kappa shape index (κ1) is 24.5. The van der Waals surface area contributed by atoms with E-state index in [1.54, 1.807) is 36.4 Å². The molecule has 166 valence electrons. The summed E-state index contributed by atoms with van der Waals surface area (Å²) in [5.41, 5.74) is 0.0705. The van der Waals surface area contributed by atoms with Gasteiger partial charge in [0.15, 0.2) is 0 Å². The molecule has 0 amide bonds. The zero-order chi connectivity index (χ0) is 22.6. The summed E-state index contributed by atoms with van der Waals surface area (Å²) < 4.78 is 51.1. The second-order valence-corrected chi connectivity index (χ2v) is 11.6. The van der Waals surface area contributed by atoms with E-state index in [1.807, 2.05) is 41.5 Å². The minimum Gasteiger partial charge on any atom is -0.488 e. The highest BCUT2D eigenvalue weighted by molar-refractivity contribution is 7.86. The summed E-state index contributed by atoms with van der Waals surface area (Å²) in [6.07, 6.45) is 0.372. The van der Waals surface area contributed by atoms with E-state index in [4.69, 9.17) is 8.92 Å². The van der Waals surface area contributed by atoms with Gasteiger partial charge in [0.25, 0.3) is 10.1 Å². The lowest BCUT2D eigenvalue weighted by molar-refractivity contribution is 0.0822. The van der Waals surface area contributed by atoms with Gasteiger partial charge in [-0.25, -0.2) is 8.93 Å². The Bertz CT molecular complexity index is 960. The molecule has 0 bridgehead atoms. The smallest absolute Gasteiger partial charge is 0.296 e. The van der Waals surface area contributed by atoms with Crippen molar-refractivity contribution in [1.82, 2.24) is 4.72 Å². The van der Waals surface area contributed by atoms with Crippen LogP contribution in [0, 0.1) is 6.92 Å². The Morgan fingerprint density at radius 1 is 0.933 bits per heavy atom. The topological polar surface area (TPSA) is 81.7 Å². The van der Waals surface area contributed by atoms with Crippen molar-refractivity contribution < 1.29 is 21.5 Å². The molecular weight excluding hydrogens is 422 g/mol. The number of hydrogen-bond donors (Lipinski definition) is 1. The molecule has 0 heterocycles. The third kappa shape index (κ3) is 7.83. The van der Waals surface area contributed by atoms with Crippen LogP contribution in [0.1, 0.15) is 46.6 Å². The first-order chi connectivity index (χ1) is 13.8. The van der Waals surface area contributed by atoms with Crippen LogP contribution in [-0.4, -0.2) is 30.4 Å². The number of benzene rings is 2. The average molecular weight is 454 g/mol. The van der Waals surface area contributed by atoms with Gasteiger partial charge in [0.1, 0.15) is 22.3 Å². The SMILES string of the molecule is Cc1ccc(S(=O)(=O)OCCC(C)(C)Oc2ccc(S(=O)NC(C)(C)C)cc2)cc1. The van der Waals surface area contributed by atoms with E-state index >= 15 is 0 Å². The Morgan fingerprint density at radius 2 is 1.50 bits per heavy atom. The molecule has 1 N–H and O–H groups in total. The van der Waals surface area contributed by atoms with Crippen molar-refractivity contribution in [3.63, 3.8) is 0 Å². The fourth-order valence-electron chi connectivity index (χ4n) is 2.51. The number of hydrogen-bond acceptors (Lipinski definition) is 5. The molecule has 1 atom stereocenters. The molecule has 0 aliphatic carbocycles. The molecule has 2 aromatic carbocycles. The quantitative estimate of drug-likeness (QED) is 0.571. The van der Waals surface area contributed by atoms with Gasteiger partial charge < -0.3 is 4.74 Å². The first-order valence-corrected chi connectivity index (χ1v) is 12.3. The lowest BCUT2D eigenvalue weighted by atomic mass is 10.1. The average Bonchev–Trinajstić information content (AvgIpc) is 2.60. The molecule has 0 spiro atoms. The van der Waals surface area contributed by atoms with E-state index in [9.17, 15) is 12.6 Å². The number of aryl methyl sites for hydroxylation is 1. The maximum atomic E-state index is 12.3. The fraction of sp³-hybridized carbons (Fsp3) is 0.455. The van der Waals surface area contributed by atoms with Crippen LogP contribution >= 0.6 is 0 Å². The van der Waals surface area contributed by atoms with E-state index in [-0.39, 0.29) is 17.0 Å². The monoisotopic (exact) mass is 453 g/mol. The Labute approximate surface area is 182 Å². The van der Waals surface area contributed by atoms with Gasteiger partial charge in [0, 0.05) is 12.0 Å². The standard InChI is InChI=1S/C22H31NO5S2/c1-17-7-13-20(14-8-17)30(25,26)27-16-15-22(5,6)28-18-9-11-19(12-10-18)29(24)23-21(2,3)4/h7-14,23H,15-16H2,1-6H3. The summed E-state index contributed by atoms with van der Waals surface area (Å²) in [4.78, 5) is 0.793. The van der Waals surface area contributed by atoms with Crippen molar-refractivity contribution in [2.24, 2.45) is 0 Å². The summed E-state index contributed by atoms with van der Waals surface area (Å²) in [6.45, 7) is 11.5. The van der Waals surface area contributed by atoms with Crippen molar-refractivity contribution in [3.8, 4) is 5.75 Å². The molecule has 1 unspecified atom stereocenters. The highest BCUT2D eigenvalue weighted by atomic mass is 32.2. The zero-order valence-corrected chi connectivity index (χ0v) is 20.0. The van der Waals surface area contributed by atoms with E-state index in [0.717, 1.165) is 5.56 Å². The van der Waals surface area contributed by atoms with E-state index in [2.05, 4.69) is 4.72 Å². The predicted molar refractivity (Wildman–Crippen MR) is 119 cm³/mol. The van der Waals surface area contributed by atoms with Crippen LogP contribution in [0.5, 0.6) is 5.75 Å². The molecule has 0 aliphatic rings. The third-order valence-electron chi connectivity index (χ3n) is 4.08. The van der Waals surface area contributed by atoms with Gasteiger partial charge in [-0.2, -0.15) is 8.42 Å². The first-order valence-electron chi connectivity index (χ1n) is 9.72. The molecule has 2 rings (SSSR count). The summed E-state index contributed by atoms with van der Waals surface area (Å²) in [5, 5.41) is 0. The van der Waals surface area contributed by atoms with E-state index in [1.165, 1.54) is 12.1 Å². The Morgan fingerprint density at radius 3 is 2.03 bits per heavy atom. The van der Waals surface area contributed by atoms with Crippen molar-refractivity contribution in [2.75, 3.05) is 6.61 Å². The van der Waals surface area contributed by atoms with Crippen LogP contribution in [0.25, 0.3) is 0 Å². The van der Waals surface area contributed by atoms with Crippen LogP contribution in [-0.2, 0) is 25.3 Å². The maximum Gasteiger partial charge on any atom is 0.296 e. The Hall–Kier alpha value is -1.74. The largest absolute Gasteiger partial charge is 0.488 e. The van der Waals surface area contributed by atoms with Gasteiger partial charge >= 0.3 is 0 Å². The van der Waals surface area contributed by atoms with Crippen LogP contribution in [0.4, 0.5) is 0 Å². The van der Waals surface area contributed by atoms with Gasteiger partial charge in [0.2, 0.25) is 0 Å². The lowest BCUT2D eigenvalue weighted by Crippen LogP contribution is -2.37. The van der Waals surface area contributed by atoms with Crippen molar-refractivity contribution in [2.45, 2.75) is 68.9 Å². The van der Waals surface area contributed by atoms with Gasteiger partial charge in [-0.3, -0.25) is 4.18 Å². The van der Waals surface area contributed by atoms with Crippen molar-refractivity contribution in [3.05, 3.63) is 54.1 Å². The molecular formula is C22H31NO5S2. The van der Waals surface area contributed by atoms with E-state index < -0.39 is 26.7 Å². The molecule has 0 saturated carbocycles. The Kier molecular flexibility index (Phi) is 7.85. The van der Waals surface area contributed by atoms with Crippen LogP contribution in [0.3, 0.4) is 0 Å². The van der Waals surface area contributed by atoms with Crippen molar-refractivity contribution in [1.29, 1.82) is 0 Å². The lowest BCUT2D eigenvalue weighted by Gasteiger charge is -2.26. The molecule has 30 heavy (non-hydrogen) atoms. The van der Waals surface area contributed by atoms with Gasteiger partial charge in [0.05, 0.1) is 16.4 Å². The van der Waals surface area contributed by atoms with Gasteiger partial charge in [-0.15, -0.1) is 0 Å². The fourth-order valence-corrected chi connectivity index (χ4v) is 4.47. The van der Waals surface area contributed by atoms with Crippen molar-refractivity contribution >= 4 is 21.1 Å². The summed E-state index contributed by atoms with van der Waals surface area (Å²) in [5.74, 6) is 0.609. The predicted octanol–water partition coefficient (Wildman–Crippen LogP) is 4.36. The zero-order valence-electron chi connectivity index (χ0n) is 18.4. The molecule has 8 heteroatoms. The second-order valence-electron chi connectivity index (χ2n) is 8.79. The second kappa shape index (κ2) is 9.60. The molecule has 6 nitrogen and oxygen atoms in total. The van der Waals surface area contributed by atoms with Gasteiger partial charge in [-0.1, -0.05) is 17.7 Å². The summed E-state index contributed by atoms with van der Waals surface area (Å²) in [6, 6.07) is 13.5. The minimum absolute atomic E-state index is 0.000806. The van der Waals surface area contributed by atoms with E-state index in [0.29, 0.717) is 17.1 Å². The molecule has 0 aromatic heterocycles.